The average Bonchev–Trinajstić information content (AvgIpc) is 2.58. The minimum atomic E-state index is -2.36. The molecule has 0 aromatic carbocycles. The zero-order chi connectivity index (χ0) is 14.2. The van der Waals surface area contributed by atoms with Crippen molar-refractivity contribution in [1.29, 1.82) is 0 Å². The van der Waals surface area contributed by atoms with Gasteiger partial charge in [-0.2, -0.15) is 0 Å². The highest BCUT2D eigenvalue weighted by Crippen LogP contribution is 2.59. The maximum absolute atomic E-state index is 12.4. The summed E-state index contributed by atoms with van der Waals surface area (Å²) in [6.07, 6.45) is 5.88. The summed E-state index contributed by atoms with van der Waals surface area (Å²) in [6.45, 7) is 3.38. The summed E-state index contributed by atoms with van der Waals surface area (Å²) in [4.78, 5) is 12.4. The molecular formula is C14H21N2O3S-. The topological polar surface area (TPSA) is 63.7 Å². The van der Waals surface area contributed by atoms with Crippen molar-refractivity contribution in [1.82, 2.24) is 9.42 Å². The molecule has 4 aliphatic rings. The molecule has 4 fully saturated rings. The molecule has 3 aliphatic carbocycles. The number of nitrogens with zero attached hydrogens (tertiary/aromatic N) is 2. The van der Waals surface area contributed by atoms with Crippen LogP contribution in [0.1, 0.15) is 46.0 Å². The molecule has 3 saturated carbocycles. The largest absolute Gasteiger partial charge is 0.758 e. The second-order valence-electron chi connectivity index (χ2n) is 7.49. The van der Waals surface area contributed by atoms with E-state index in [1.165, 1.54) is 23.7 Å². The normalized spacial score (nSPS) is 47.5. The van der Waals surface area contributed by atoms with Crippen LogP contribution in [0.25, 0.3) is 0 Å². The lowest BCUT2D eigenvalue weighted by atomic mass is 9.64. The van der Waals surface area contributed by atoms with Gasteiger partial charge in [0.2, 0.25) is 0 Å². The van der Waals surface area contributed by atoms with Gasteiger partial charge in [0.05, 0.1) is 6.04 Å². The van der Waals surface area contributed by atoms with Crippen LogP contribution < -0.4 is 0 Å². The number of amides is 1. The van der Waals surface area contributed by atoms with Gasteiger partial charge in [-0.3, -0.25) is 14.0 Å². The van der Waals surface area contributed by atoms with Gasteiger partial charge in [-0.1, -0.05) is 0 Å². The number of hydrogen-bond donors (Lipinski definition) is 0. The molecule has 1 heterocycles. The van der Waals surface area contributed by atoms with Gasteiger partial charge in [-0.15, -0.1) is 4.41 Å². The van der Waals surface area contributed by atoms with Gasteiger partial charge in [0, 0.05) is 11.3 Å². The molecule has 20 heavy (non-hydrogen) atoms. The van der Waals surface area contributed by atoms with E-state index in [0.29, 0.717) is 5.92 Å². The molecule has 5 nitrogen and oxygen atoms in total. The first kappa shape index (κ1) is 13.2. The highest BCUT2D eigenvalue weighted by atomic mass is 32.2. The molecule has 0 radical (unpaired) electrons. The molecule has 6 atom stereocenters. The fraction of sp³-hybridized carbons (Fsp3) is 0.929. The third kappa shape index (κ3) is 1.50. The second kappa shape index (κ2) is 4.05. The van der Waals surface area contributed by atoms with E-state index in [0.717, 1.165) is 30.6 Å². The van der Waals surface area contributed by atoms with Crippen molar-refractivity contribution >= 4 is 17.2 Å². The van der Waals surface area contributed by atoms with Crippen molar-refractivity contribution in [3.05, 3.63) is 0 Å². The summed E-state index contributed by atoms with van der Waals surface area (Å²) in [5.74, 6) is 3.02. The van der Waals surface area contributed by atoms with Crippen LogP contribution in [0, 0.1) is 23.7 Å². The number of carbonyl (C=O) groups is 1. The van der Waals surface area contributed by atoms with Crippen molar-refractivity contribution in [2.75, 3.05) is 0 Å². The average molecular weight is 297 g/mol. The number of rotatable bonds is 2. The van der Waals surface area contributed by atoms with E-state index in [1.54, 1.807) is 18.9 Å². The Morgan fingerprint density at radius 1 is 1.15 bits per heavy atom. The first-order valence-corrected chi connectivity index (χ1v) is 8.67. The van der Waals surface area contributed by atoms with E-state index in [9.17, 15) is 13.6 Å². The SMILES string of the molecule is CC1(C)C(=O)N(C2CCC3CC4CC2CC34)N1S(=O)[O-]. The van der Waals surface area contributed by atoms with E-state index >= 15 is 0 Å². The Bertz CT molecular complexity index is 495. The highest BCUT2D eigenvalue weighted by molar-refractivity contribution is 7.76. The van der Waals surface area contributed by atoms with Crippen LogP contribution in [0.15, 0.2) is 0 Å². The summed E-state index contributed by atoms with van der Waals surface area (Å²) < 4.78 is 24.3. The maximum Gasteiger partial charge on any atom is 0.260 e. The van der Waals surface area contributed by atoms with Crippen LogP contribution in [-0.2, 0) is 16.1 Å². The molecule has 0 N–H and O–H groups in total. The Morgan fingerprint density at radius 2 is 1.85 bits per heavy atom. The second-order valence-corrected chi connectivity index (χ2v) is 8.27. The van der Waals surface area contributed by atoms with E-state index in [1.807, 2.05) is 0 Å². The Labute approximate surface area is 122 Å². The fourth-order valence-corrected chi connectivity index (χ4v) is 6.01. The predicted octanol–water partition coefficient (Wildman–Crippen LogP) is 1.44. The molecule has 112 valence electrons. The van der Waals surface area contributed by atoms with E-state index in [2.05, 4.69) is 0 Å². The number of hydrogen-bond acceptors (Lipinski definition) is 3. The lowest BCUT2D eigenvalue weighted by Crippen LogP contribution is -2.77. The van der Waals surface area contributed by atoms with Crippen LogP contribution in [0.4, 0.5) is 0 Å². The van der Waals surface area contributed by atoms with Crippen LogP contribution >= 0.6 is 0 Å². The first-order valence-electron chi connectivity index (χ1n) is 7.64. The van der Waals surface area contributed by atoms with Crippen molar-refractivity contribution in [3.63, 3.8) is 0 Å². The first-order chi connectivity index (χ1) is 9.41. The Kier molecular flexibility index (Phi) is 2.68. The molecule has 1 saturated heterocycles. The van der Waals surface area contributed by atoms with E-state index in [4.69, 9.17) is 0 Å². The van der Waals surface area contributed by atoms with Gasteiger partial charge in [-0.25, -0.2) is 0 Å². The van der Waals surface area contributed by atoms with Crippen LogP contribution in [0.5, 0.6) is 0 Å². The van der Waals surface area contributed by atoms with Gasteiger partial charge in [-0.05, 0) is 69.6 Å². The molecule has 6 unspecified atom stereocenters. The number of hydrazine groups is 1. The summed E-state index contributed by atoms with van der Waals surface area (Å²) in [7, 11) is 0. The van der Waals surface area contributed by atoms with E-state index < -0.39 is 16.8 Å². The van der Waals surface area contributed by atoms with Crippen molar-refractivity contribution < 1.29 is 13.6 Å². The van der Waals surface area contributed by atoms with Crippen molar-refractivity contribution in [3.8, 4) is 0 Å². The molecule has 0 aromatic heterocycles. The van der Waals surface area contributed by atoms with Crippen LogP contribution in [0.2, 0.25) is 0 Å². The summed E-state index contributed by atoms with van der Waals surface area (Å²) in [5.41, 5.74) is -0.903. The summed E-state index contributed by atoms with van der Waals surface area (Å²) in [6, 6.07) is 0.103. The van der Waals surface area contributed by atoms with Crippen molar-refractivity contribution in [2.24, 2.45) is 23.7 Å². The Hall–Kier alpha value is -0.460. The van der Waals surface area contributed by atoms with Gasteiger partial charge in [0.25, 0.3) is 5.91 Å². The van der Waals surface area contributed by atoms with Gasteiger partial charge in [0.15, 0.2) is 0 Å². The van der Waals surface area contributed by atoms with Gasteiger partial charge >= 0.3 is 0 Å². The quantitative estimate of drug-likeness (QED) is 0.725. The molecule has 1 amide bonds. The Balaban J connectivity index is 1.61. The predicted molar refractivity (Wildman–Crippen MR) is 72.5 cm³/mol. The molecule has 4 rings (SSSR count). The summed E-state index contributed by atoms with van der Waals surface area (Å²) in [5, 5.41) is 1.56. The van der Waals surface area contributed by atoms with Crippen LogP contribution in [-0.4, -0.2) is 35.7 Å². The monoisotopic (exact) mass is 297 g/mol. The zero-order valence-electron chi connectivity index (χ0n) is 11.9. The maximum atomic E-state index is 12.4. The fourth-order valence-electron chi connectivity index (χ4n) is 5.22. The molecule has 6 heteroatoms. The van der Waals surface area contributed by atoms with E-state index in [-0.39, 0.29) is 11.9 Å². The lowest BCUT2D eigenvalue weighted by Gasteiger charge is -2.59. The van der Waals surface area contributed by atoms with Gasteiger partial charge in [0.1, 0.15) is 5.54 Å². The number of carbonyl (C=O) groups excluding carboxylic acids is 1. The van der Waals surface area contributed by atoms with Gasteiger partial charge < -0.3 is 4.55 Å². The molecule has 2 bridgehead atoms. The zero-order valence-corrected chi connectivity index (χ0v) is 12.8. The third-order valence-corrected chi connectivity index (χ3v) is 7.15. The van der Waals surface area contributed by atoms with Crippen LogP contribution in [0.3, 0.4) is 0 Å². The number of fused-ring (bicyclic) bond motifs is 1. The summed E-state index contributed by atoms with van der Waals surface area (Å²) >= 11 is -2.36. The minimum Gasteiger partial charge on any atom is -0.758 e. The lowest BCUT2D eigenvalue weighted by molar-refractivity contribution is -0.201. The smallest absolute Gasteiger partial charge is 0.260 e. The molecule has 0 spiro atoms. The molecular weight excluding hydrogens is 276 g/mol. The molecule has 1 aliphatic heterocycles. The standard InChI is InChI=1S/C14H22N2O3S/c1-14(2)13(17)15(16(14)20(18)19)12-4-3-8-5-9-6-10(12)7-11(8)9/h8-12H,3-7H2,1-2H3,(H,18,19)/p-1. The van der Waals surface area contributed by atoms with Crippen molar-refractivity contribution in [2.45, 2.75) is 57.5 Å². The minimum absolute atomic E-state index is 0.0364. The highest BCUT2D eigenvalue weighted by Gasteiger charge is 2.60. The molecule has 0 aromatic rings. The third-order valence-electron chi connectivity index (χ3n) is 6.23. The Morgan fingerprint density at radius 3 is 2.55 bits per heavy atom.